The van der Waals surface area contributed by atoms with Gasteiger partial charge < -0.3 is 20.1 Å². The molecular formula is C25H29N5O5. The Labute approximate surface area is 203 Å². The van der Waals surface area contributed by atoms with Crippen molar-refractivity contribution in [1.82, 2.24) is 19.7 Å². The molecule has 0 atom stereocenters. The second-order valence-electron chi connectivity index (χ2n) is 8.38. The Bertz CT molecular complexity index is 1200. The maximum Gasteiger partial charge on any atom is 0.343 e. The van der Waals surface area contributed by atoms with Crippen molar-refractivity contribution in [2.75, 3.05) is 34.4 Å². The highest BCUT2D eigenvalue weighted by atomic mass is 16.5. The summed E-state index contributed by atoms with van der Waals surface area (Å²) < 4.78 is 12.3. The first-order chi connectivity index (χ1) is 16.8. The molecule has 2 aromatic carbocycles. The summed E-state index contributed by atoms with van der Waals surface area (Å²) >= 11 is 0. The average Bonchev–Trinajstić information content (AvgIpc) is 3.29. The van der Waals surface area contributed by atoms with E-state index in [9.17, 15) is 14.8 Å². The minimum absolute atomic E-state index is 0.0814. The molecule has 0 bridgehead atoms. The average molecular weight is 480 g/mol. The molecule has 35 heavy (non-hydrogen) atoms. The van der Waals surface area contributed by atoms with E-state index in [1.54, 1.807) is 23.8 Å². The lowest BCUT2D eigenvalue weighted by molar-refractivity contribution is -0.0356. The van der Waals surface area contributed by atoms with Crippen molar-refractivity contribution < 1.29 is 24.3 Å². The van der Waals surface area contributed by atoms with Crippen molar-refractivity contribution in [1.29, 1.82) is 0 Å². The van der Waals surface area contributed by atoms with Gasteiger partial charge in [-0.15, -0.1) is 0 Å². The summed E-state index contributed by atoms with van der Waals surface area (Å²) in [5.41, 5.74) is 8.99. The van der Waals surface area contributed by atoms with Gasteiger partial charge in [-0.05, 0) is 61.4 Å². The first-order valence-electron chi connectivity index (χ1n) is 11.3. The third-order valence-corrected chi connectivity index (χ3v) is 6.27. The van der Waals surface area contributed by atoms with Gasteiger partial charge in [-0.3, -0.25) is 10.0 Å². The van der Waals surface area contributed by atoms with Crippen LogP contribution in [0.3, 0.4) is 0 Å². The molecule has 1 saturated heterocycles. The van der Waals surface area contributed by atoms with Crippen LogP contribution in [-0.2, 0) is 0 Å². The summed E-state index contributed by atoms with van der Waals surface area (Å²) in [5.74, 6) is 0.741. The number of hydrogen-bond donors (Lipinski definition) is 2. The fourth-order valence-corrected chi connectivity index (χ4v) is 4.44. The topological polar surface area (TPSA) is 123 Å². The van der Waals surface area contributed by atoms with E-state index in [4.69, 9.17) is 20.3 Å². The SMILES string of the molecule is COc1ccc(-c2c(C(N)=O)c(C3CCN(C(=O)N(C)O)CC3)nn2-c2ccc(OC)cc2)cc1. The lowest BCUT2D eigenvalue weighted by Gasteiger charge is -2.32. The van der Waals surface area contributed by atoms with Gasteiger partial charge >= 0.3 is 6.03 Å². The van der Waals surface area contributed by atoms with E-state index in [0.29, 0.717) is 59.4 Å². The number of piperidine rings is 1. The summed E-state index contributed by atoms with van der Waals surface area (Å²) in [6.07, 6.45) is 1.17. The molecule has 2 heterocycles. The zero-order chi connectivity index (χ0) is 25.1. The fourth-order valence-electron chi connectivity index (χ4n) is 4.44. The number of amides is 3. The van der Waals surface area contributed by atoms with Gasteiger partial charge in [-0.25, -0.2) is 14.5 Å². The number of likely N-dealkylation sites (tertiary alicyclic amines) is 1. The Morgan fingerprint density at radius 3 is 2.03 bits per heavy atom. The van der Waals surface area contributed by atoms with Crippen LogP contribution in [0.2, 0.25) is 0 Å². The maximum atomic E-state index is 12.8. The zero-order valence-electron chi connectivity index (χ0n) is 20.0. The van der Waals surface area contributed by atoms with Crippen molar-refractivity contribution in [2.24, 2.45) is 5.73 Å². The maximum absolute atomic E-state index is 12.8. The molecular weight excluding hydrogens is 450 g/mol. The molecule has 0 saturated carbocycles. The third-order valence-electron chi connectivity index (χ3n) is 6.27. The number of nitrogens with zero attached hydrogens (tertiary/aromatic N) is 4. The van der Waals surface area contributed by atoms with Gasteiger partial charge in [0.1, 0.15) is 11.5 Å². The van der Waals surface area contributed by atoms with Gasteiger partial charge in [0.2, 0.25) is 0 Å². The van der Waals surface area contributed by atoms with Crippen molar-refractivity contribution >= 4 is 11.9 Å². The van der Waals surface area contributed by atoms with E-state index < -0.39 is 11.9 Å². The molecule has 0 radical (unpaired) electrons. The molecule has 1 aliphatic rings. The molecule has 4 rings (SSSR count). The largest absolute Gasteiger partial charge is 0.497 e. The van der Waals surface area contributed by atoms with Crippen LogP contribution in [0, 0.1) is 0 Å². The number of aromatic nitrogens is 2. The number of urea groups is 1. The van der Waals surface area contributed by atoms with Gasteiger partial charge in [-0.1, -0.05) is 0 Å². The second kappa shape index (κ2) is 10.1. The van der Waals surface area contributed by atoms with E-state index in [-0.39, 0.29) is 5.92 Å². The molecule has 0 spiro atoms. The summed E-state index contributed by atoms with van der Waals surface area (Å²) in [7, 11) is 4.49. The number of carbonyl (C=O) groups excluding carboxylic acids is 2. The molecule has 10 heteroatoms. The first kappa shape index (κ1) is 24.1. The van der Waals surface area contributed by atoms with Gasteiger partial charge in [0.15, 0.2) is 0 Å². The lowest BCUT2D eigenvalue weighted by atomic mass is 9.89. The normalized spacial score (nSPS) is 14.0. The molecule has 0 aliphatic carbocycles. The van der Waals surface area contributed by atoms with Crippen molar-refractivity contribution in [3.05, 3.63) is 59.8 Å². The highest BCUT2D eigenvalue weighted by Gasteiger charge is 2.32. The van der Waals surface area contributed by atoms with E-state index >= 15 is 0 Å². The number of benzene rings is 2. The summed E-state index contributed by atoms with van der Waals surface area (Å²) in [4.78, 5) is 26.5. The number of methoxy groups -OCH3 is 2. The van der Waals surface area contributed by atoms with Gasteiger partial charge in [0, 0.05) is 31.6 Å². The predicted octanol–water partition coefficient (Wildman–Crippen LogP) is 3.28. The number of carbonyl (C=O) groups is 2. The summed E-state index contributed by atoms with van der Waals surface area (Å²) in [6.45, 7) is 0.861. The number of hydrogen-bond acceptors (Lipinski definition) is 6. The Morgan fingerprint density at radius 2 is 1.54 bits per heavy atom. The molecule has 3 amide bonds. The van der Waals surface area contributed by atoms with Crippen LogP contribution in [0.5, 0.6) is 11.5 Å². The number of ether oxygens (including phenoxy) is 2. The van der Waals surface area contributed by atoms with E-state index in [1.165, 1.54) is 7.05 Å². The number of rotatable bonds is 6. The molecule has 3 aromatic rings. The van der Waals surface area contributed by atoms with Crippen LogP contribution in [0.4, 0.5) is 4.79 Å². The summed E-state index contributed by atoms with van der Waals surface area (Å²) in [5, 5.41) is 15.0. The quantitative estimate of drug-likeness (QED) is 0.413. The molecule has 3 N–H and O–H groups in total. The van der Waals surface area contributed by atoms with Crippen LogP contribution in [-0.4, -0.2) is 71.2 Å². The van der Waals surface area contributed by atoms with Gasteiger partial charge in [-0.2, -0.15) is 5.10 Å². The Morgan fingerprint density at radius 1 is 1.00 bits per heavy atom. The first-order valence-corrected chi connectivity index (χ1v) is 11.3. The molecule has 184 valence electrons. The van der Waals surface area contributed by atoms with Crippen molar-refractivity contribution in [2.45, 2.75) is 18.8 Å². The van der Waals surface area contributed by atoms with Crippen LogP contribution in [0.1, 0.15) is 34.8 Å². The van der Waals surface area contributed by atoms with Gasteiger partial charge in [0.05, 0.1) is 36.9 Å². The molecule has 1 aromatic heterocycles. The molecule has 10 nitrogen and oxygen atoms in total. The molecule has 1 fully saturated rings. The van der Waals surface area contributed by atoms with E-state index in [1.807, 2.05) is 48.5 Å². The zero-order valence-corrected chi connectivity index (χ0v) is 20.0. The molecule has 1 aliphatic heterocycles. The Kier molecular flexibility index (Phi) is 6.92. The van der Waals surface area contributed by atoms with Gasteiger partial charge in [0.25, 0.3) is 5.91 Å². The standard InChI is InChI=1S/C25H29N5O5/c1-28(33)25(32)29-14-12-16(13-15-29)22-21(24(26)31)23(17-4-8-19(34-2)9-5-17)30(27-22)18-6-10-20(35-3)11-7-18/h4-11,16,33H,12-15H2,1-3H3,(H2,26,31). The van der Waals surface area contributed by atoms with Crippen molar-refractivity contribution in [3.8, 4) is 28.4 Å². The summed E-state index contributed by atoms with van der Waals surface area (Å²) in [6, 6.07) is 14.3. The Hall–Kier alpha value is -4.05. The second-order valence-corrected chi connectivity index (χ2v) is 8.38. The van der Waals surface area contributed by atoms with Crippen LogP contribution in [0.25, 0.3) is 16.9 Å². The highest BCUT2D eigenvalue weighted by Crippen LogP contribution is 2.37. The van der Waals surface area contributed by atoms with Crippen molar-refractivity contribution in [3.63, 3.8) is 0 Å². The fraction of sp³-hybridized carbons (Fsp3) is 0.320. The number of nitrogens with two attached hydrogens (primary N) is 1. The monoisotopic (exact) mass is 479 g/mol. The smallest absolute Gasteiger partial charge is 0.343 e. The van der Waals surface area contributed by atoms with Crippen LogP contribution < -0.4 is 15.2 Å². The van der Waals surface area contributed by atoms with Crippen LogP contribution in [0.15, 0.2) is 48.5 Å². The minimum atomic E-state index is -0.570. The lowest BCUT2D eigenvalue weighted by Crippen LogP contribution is -2.43. The molecule has 0 unspecified atom stereocenters. The van der Waals surface area contributed by atoms with Crippen LogP contribution >= 0.6 is 0 Å². The van der Waals surface area contributed by atoms with E-state index in [2.05, 4.69) is 0 Å². The number of hydroxylamine groups is 2. The van der Waals surface area contributed by atoms with E-state index in [0.717, 1.165) is 11.3 Å². The highest BCUT2D eigenvalue weighted by molar-refractivity contribution is 6.00. The third kappa shape index (κ3) is 4.78. The Balaban J connectivity index is 1.80. The minimum Gasteiger partial charge on any atom is -0.497 e. The number of primary amides is 1. The predicted molar refractivity (Wildman–Crippen MR) is 129 cm³/mol.